The summed E-state index contributed by atoms with van der Waals surface area (Å²) in [5.41, 5.74) is 0. The van der Waals surface area contributed by atoms with E-state index in [9.17, 15) is 8.42 Å². The summed E-state index contributed by atoms with van der Waals surface area (Å²) in [5, 5.41) is 5.38. The molecule has 0 radical (unpaired) electrons. The van der Waals surface area contributed by atoms with Crippen molar-refractivity contribution >= 4 is 21.5 Å². The number of rotatable bonds is 10. The Labute approximate surface area is 132 Å². The van der Waals surface area contributed by atoms with Gasteiger partial charge in [-0.25, -0.2) is 0 Å². The molecule has 1 N–H and O–H groups in total. The molecule has 0 spiro atoms. The topological polar surface area (TPSA) is 52.7 Å². The maximum Gasteiger partial charge on any atom is 0.282 e. The van der Waals surface area contributed by atoms with E-state index in [1.807, 2.05) is 24.4 Å². The summed E-state index contributed by atoms with van der Waals surface area (Å²) < 4.78 is 28.1. The van der Waals surface area contributed by atoms with Crippen molar-refractivity contribution in [2.75, 3.05) is 26.7 Å². The minimum absolute atomic E-state index is 0.459. The summed E-state index contributed by atoms with van der Waals surface area (Å²) in [4.78, 5) is 1.07. The molecular formula is C14H25N3O2S2. The van der Waals surface area contributed by atoms with Crippen LogP contribution in [0.3, 0.4) is 0 Å². The summed E-state index contributed by atoms with van der Waals surface area (Å²) in [5.74, 6) is 0. The predicted octanol–water partition coefficient (Wildman–Crippen LogP) is 1.89. The first-order chi connectivity index (χ1) is 10.0. The summed E-state index contributed by atoms with van der Waals surface area (Å²) in [6.07, 6.45) is 3.37. The number of thiophene rings is 1. The first-order valence-corrected chi connectivity index (χ1v) is 9.79. The molecule has 1 saturated carbocycles. The highest BCUT2D eigenvalue weighted by atomic mass is 32.2. The van der Waals surface area contributed by atoms with Gasteiger partial charge in [0, 0.05) is 37.6 Å². The van der Waals surface area contributed by atoms with E-state index in [1.54, 1.807) is 18.4 Å². The summed E-state index contributed by atoms with van der Waals surface area (Å²) >= 11 is 1.59. The van der Waals surface area contributed by atoms with Crippen LogP contribution in [-0.4, -0.2) is 49.8 Å². The highest BCUT2D eigenvalue weighted by Crippen LogP contribution is 2.18. The van der Waals surface area contributed by atoms with Crippen LogP contribution in [-0.2, 0) is 16.8 Å². The Kier molecular flexibility index (Phi) is 6.19. The molecule has 1 aliphatic rings. The molecule has 0 aliphatic heterocycles. The van der Waals surface area contributed by atoms with Crippen LogP contribution in [0, 0.1) is 0 Å². The quantitative estimate of drug-likeness (QED) is 0.666. The Morgan fingerprint density at radius 3 is 2.76 bits per heavy atom. The SMILES string of the molecule is CCN(Cc1cccs1)S(=O)(=O)N(C)CCCNC1CC1. The van der Waals surface area contributed by atoms with Gasteiger partial charge in [0.1, 0.15) is 0 Å². The Hall–Kier alpha value is -0.470. The van der Waals surface area contributed by atoms with Crippen molar-refractivity contribution in [3.8, 4) is 0 Å². The number of nitrogens with zero attached hydrogens (tertiary/aromatic N) is 2. The molecule has 0 unspecified atom stereocenters. The van der Waals surface area contributed by atoms with Gasteiger partial charge in [-0.05, 0) is 37.3 Å². The monoisotopic (exact) mass is 331 g/mol. The van der Waals surface area contributed by atoms with Gasteiger partial charge in [0.25, 0.3) is 10.2 Å². The van der Waals surface area contributed by atoms with Crippen molar-refractivity contribution < 1.29 is 8.42 Å². The maximum absolute atomic E-state index is 12.6. The zero-order chi connectivity index (χ0) is 15.3. The van der Waals surface area contributed by atoms with Gasteiger partial charge in [0.05, 0.1) is 0 Å². The molecule has 1 aromatic heterocycles. The predicted molar refractivity (Wildman–Crippen MR) is 87.6 cm³/mol. The Bertz CT molecular complexity index is 512. The lowest BCUT2D eigenvalue weighted by Crippen LogP contribution is -2.42. The van der Waals surface area contributed by atoms with Crippen molar-refractivity contribution in [1.29, 1.82) is 0 Å². The molecule has 21 heavy (non-hydrogen) atoms. The minimum atomic E-state index is -3.37. The second-order valence-electron chi connectivity index (χ2n) is 5.42. The van der Waals surface area contributed by atoms with Gasteiger partial charge in [-0.15, -0.1) is 11.3 Å². The van der Waals surface area contributed by atoms with Gasteiger partial charge in [-0.3, -0.25) is 0 Å². The van der Waals surface area contributed by atoms with Crippen LogP contribution < -0.4 is 5.32 Å². The van der Waals surface area contributed by atoms with E-state index in [1.165, 1.54) is 21.5 Å². The molecule has 0 bridgehead atoms. The second-order valence-corrected chi connectivity index (χ2v) is 8.48. The fourth-order valence-electron chi connectivity index (χ4n) is 2.14. The average Bonchev–Trinajstić information content (AvgIpc) is 3.14. The van der Waals surface area contributed by atoms with Gasteiger partial charge in [-0.2, -0.15) is 17.0 Å². The maximum atomic E-state index is 12.6. The molecule has 1 aliphatic carbocycles. The zero-order valence-electron chi connectivity index (χ0n) is 12.8. The fourth-order valence-corrected chi connectivity index (χ4v) is 4.32. The van der Waals surface area contributed by atoms with Gasteiger partial charge in [0.15, 0.2) is 0 Å². The van der Waals surface area contributed by atoms with E-state index in [4.69, 9.17) is 0 Å². The number of hydrogen-bond acceptors (Lipinski definition) is 4. The highest BCUT2D eigenvalue weighted by molar-refractivity contribution is 7.86. The molecule has 120 valence electrons. The van der Waals surface area contributed by atoms with Crippen LogP contribution in [0.1, 0.15) is 31.1 Å². The Morgan fingerprint density at radius 2 is 2.19 bits per heavy atom. The molecule has 0 atom stereocenters. The smallest absolute Gasteiger partial charge is 0.282 e. The Morgan fingerprint density at radius 1 is 1.43 bits per heavy atom. The first-order valence-electron chi connectivity index (χ1n) is 7.51. The fraction of sp³-hybridized carbons (Fsp3) is 0.714. The van der Waals surface area contributed by atoms with E-state index >= 15 is 0 Å². The van der Waals surface area contributed by atoms with Crippen LogP contribution in [0.4, 0.5) is 0 Å². The largest absolute Gasteiger partial charge is 0.314 e. The summed E-state index contributed by atoms with van der Waals surface area (Å²) in [7, 11) is -1.70. The summed E-state index contributed by atoms with van der Waals surface area (Å²) in [6, 6.07) is 4.61. The van der Waals surface area contributed by atoms with Crippen molar-refractivity contribution in [3.05, 3.63) is 22.4 Å². The van der Waals surface area contributed by atoms with E-state index in [-0.39, 0.29) is 0 Å². The molecule has 7 heteroatoms. The van der Waals surface area contributed by atoms with Crippen LogP contribution in [0.15, 0.2) is 17.5 Å². The molecule has 1 aromatic rings. The molecule has 1 heterocycles. The standard InChI is InChI=1S/C14H25N3O2S2/c1-3-17(12-14-6-4-11-20-14)21(18,19)16(2)10-5-9-15-13-7-8-13/h4,6,11,13,15H,3,5,7-10,12H2,1-2H3. The second kappa shape index (κ2) is 7.69. The van der Waals surface area contributed by atoms with Crippen LogP contribution >= 0.6 is 11.3 Å². The van der Waals surface area contributed by atoms with Crippen LogP contribution in [0.5, 0.6) is 0 Å². The normalized spacial score (nSPS) is 16.0. The number of nitrogens with one attached hydrogen (secondary N) is 1. The average molecular weight is 332 g/mol. The molecule has 1 fully saturated rings. The van der Waals surface area contributed by atoms with Crippen molar-refractivity contribution in [2.24, 2.45) is 0 Å². The lowest BCUT2D eigenvalue weighted by molar-refractivity contribution is 0.362. The van der Waals surface area contributed by atoms with Gasteiger partial charge < -0.3 is 5.32 Å². The van der Waals surface area contributed by atoms with Gasteiger partial charge >= 0.3 is 0 Å². The minimum Gasteiger partial charge on any atom is -0.314 e. The molecule has 0 saturated heterocycles. The zero-order valence-corrected chi connectivity index (χ0v) is 14.4. The molecular weight excluding hydrogens is 306 g/mol. The highest BCUT2D eigenvalue weighted by Gasteiger charge is 2.26. The summed E-state index contributed by atoms with van der Waals surface area (Å²) in [6.45, 7) is 4.28. The Balaban J connectivity index is 1.83. The van der Waals surface area contributed by atoms with E-state index < -0.39 is 10.2 Å². The molecule has 5 nitrogen and oxygen atoms in total. The van der Waals surface area contributed by atoms with Crippen LogP contribution in [0.2, 0.25) is 0 Å². The van der Waals surface area contributed by atoms with Gasteiger partial charge in [-0.1, -0.05) is 13.0 Å². The van der Waals surface area contributed by atoms with E-state index in [0.717, 1.165) is 17.8 Å². The molecule has 0 aromatic carbocycles. The van der Waals surface area contributed by atoms with E-state index in [2.05, 4.69) is 5.32 Å². The third-order valence-corrected chi connectivity index (χ3v) is 6.52. The lowest BCUT2D eigenvalue weighted by atomic mass is 10.4. The third-order valence-electron chi connectivity index (χ3n) is 3.65. The van der Waals surface area contributed by atoms with Crippen molar-refractivity contribution in [1.82, 2.24) is 13.9 Å². The van der Waals surface area contributed by atoms with E-state index in [0.29, 0.717) is 25.7 Å². The van der Waals surface area contributed by atoms with Crippen LogP contribution in [0.25, 0.3) is 0 Å². The van der Waals surface area contributed by atoms with Crippen molar-refractivity contribution in [2.45, 2.75) is 38.8 Å². The van der Waals surface area contributed by atoms with Crippen molar-refractivity contribution in [3.63, 3.8) is 0 Å². The van der Waals surface area contributed by atoms with Gasteiger partial charge in [0.2, 0.25) is 0 Å². The lowest BCUT2D eigenvalue weighted by Gasteiger charge is -2.26. The number of hydrogen-bond donors (Lipinski definition) is 1. The molecule has 2 rings (SSSR count). The molecule has 0 amide bonds. The third kappa shape index (κ3) is 5.03. The first kappa shape index (κ1) is 16.9.